The molecule has 0 aromatic carbocycles. The molecule has 0 rings (SSSR count). The van der Waals surface area contributed by atoms with E-state index >= 15 is 0 Å². The molecule has 0 saturated heterocycles. The first-order valence-electron chi connectivity index (χ1n) is 0. The van der Waals surface area contributed by atoms with Crippen LogP contribution in [0.25, 0.3) is 0 Å². The van der Waals surface area contributed by atoms with Gasteiger partial charge in [-0.3, -0.25) is 0 Å². The Bertz CT molecular complexity index is 17.7. The summed E-state index contributed by atoms with van der Waals surface area (Å²) >= 11 is 0. The Morgan fingerprint density at radius 2 is 1.20 bits per heavy atom. The van der Waals surface area contributed by atoms with Crippen LogP contribution in [0, 0.1) is 0 Å². The van der Waals surface area contributed by atoms with Gasteiger partial charge in [-0.05, 0) is 11.0 Å². The summed E-state index contributed by atoms with van der Waals surface area (Å²) in [5.41, 5.74) is 0. The van der Waals surface area contributed by atoms with E-state index < -0.39 is 0 Å². The third-order valence-corrected chi connectivity index (χ3v) is 0. The average Bonchev–Trinajstić information content (AvgIpc) is 0. The van der Waals surface area contributed by atoms with Crippen molar-refractivity contribution in [2.45, 2.75) is 0 Å². The Morgan fingerprint density at radius 1 is 1.20 bits per heavy atom. The molecule has 0 aromatic heterocycles. The van der Waals surface area contributed by atoms with Gasteiger partial charge in [0.1, 0.15) is 0 Å². The van der Waals surface area contributed by atoms with Crippen molar-refractivity contribution in [1.29, 1.82) is 0 Å². The zero-order valence-electron chi connectivity index (χ0n) is 4.72. The molecule has 2 radical (unpaired) electrons. The van der Waals surface area contributed by atoms with Crippen LogP contribution in [0.4, 0.5) is 0 Å². The van der Waals surface area contributed by atoms with Gasteiger partial charge in [-0.15, -0.1) is 0 Å². The molecule has 0 amide bonds. The SMILES string of the molecule is [AlH3].[Cu].[H-].[H-].[Mg+2].[SiH3].[Zn]. The zero-order valence-corrected chi connectivity index (χ0v) is 10.0. The summed E-state index contributed by atoms with van der Waals surface area (Å²) in [5, 5.41) is 0. The molecule has 0 fully saturated rings. The summed E-state index contributed by atoms with van der Waals surface area (Å²) in [4.78, 5) is 0. The van der Waals surface area contributed by atoms with Crippen LogP contribution < -0.4 is 0 Å². The van der Waals surface area contributed by atoms with E-state index in [1.807, 2.05) is 0 Å². The molecule has 0 aromatic rings. The molecule has 0 N–H and O–H groups in total. The maximum Gasteiger partial charge on any atom is 2.00 e. The minimum Gasteiger partial charge on any atom is -1.00 e. The molecule has 0 aliphatic rings. The van der Waals surface area contributed by atoms with E-state index in [1.54, 1.807) is 0 Å². The largest absolute Gasteiger partial charge is 2.00 e. The maximum absolute atomic E-state index is 0. The van der Waals surface area contributed by atoms with Gasteiger partial charge in [-0.2, -0.15) is 0 Å². The predicted molar refractivity (Wildman–Crippen MR) is 27.9 cm³/mol. The molecule has 5 heteroatoms. The summed E-state index contributed by atoms with van der Waals surface area (Å²) in [6, 6.07) is 0. The van der Waals surface area contributed by atoms with Crippen LogP contribution in [0.5, 0.6) is 0 Å². The van der Waals surface area contributed by atoms with Crippen LogP contribution >= 0.6 is 0 Å². The molecule has 0 bridgehead atoms. The Kier molecular flexibility index (Phi) is 290. The van der Waals surface area contributed by atoms with Gasteiger partial charge in [0.05, 0.1) is 0 Å². The van der Waals surface area contributed by atoms with Gasteiger partial charge in [0.25, 0.3) is 0 Å². The molecule has 0 nitrogen and oxygen atoms in total. The molecule has 0 aliphatic heterocycles. The van der Waals surface area contributed by atoms with Gasteiger partial charge in [0.15, 0.2) is 17.4 Å². The number of hydrogen-bond donors (Lipinski definition) is 0. The third-order valence-electron chi connectivity index (χ3n) is 0. The van der Waals surface area contributed by atoms with Gasteiger partial charge in [-0.1, -0.05) is 0 Å². The van der Waals surface area contributed by atoms with Crippen molar-refractivity contribution in [3.63, 3.8) is 0 Å². The Morgan fingerprint density at radius 3 is 1.20 bits per heavy atom. The van der Waals surface area contributed by atoms with E-state index in [2.05, 4.69) is 0 Å². The standard InChI is InChI=1S/Al.Cu.Mg.H3Si.Zn.5H/h;;;1H3;;;;;;/q;;+2;;;;;;2*-1. The van der Waals surface area contributed by atoms with Crippen molar-refractivity contribution in [2.75, 3.05) is 0 Å². The fourth-order valence-electron chi connectivity index (χ4n) is 0. The topological polar surface area (TPSA) is 0 Å². The van der Waals surface area contributed by atoms with Crippen molar-refractivity contribution in [1.82, 2.24) is 0 Å². The van der Waals surface area contributed by atoms with Crippen molar-refractivity contribution >= 4 is 51.4 Å². The fourth-order valence-corrected chi connectivity index (χ4v) is 0. The van der Waals surface area contributed by atoms with Crippen LogP contribution in [-0.2, 0) is 36.5 Å². The molecule has 5 heavy (non-hydrogen) atoms. The zero-order chi connectivity index (χ0) is 0. The number of rotatable bonds is 0. The summed E-state index contributed by atoms with van der Waals surface area (Å²) in [5.74, 6) is 0. The van der Waals surface area contributed by atoms with Gasteiger partial charge >= 0.3 is 23.1 Å². The second kappa shape index (κ2) is 30.2. The van der Waals surface area contributed by atoms with Crippen molar-refractivity contribution < 1.29 is 39.4 Å². The molecule has 0 atom stereocenters. The van der Waals surface area contributed by atoms with E-state index in [4.69, 9.17) is 0 Å². The summed E-state index contributed by atoms with van der Waals surface area (Å²) in [7, 11) is 0. The second-order valence-electron chi connectivity index (χ2n) is 0. The maximum atomic E-state index is 0. The molecule has 30 valence electrons. The van der Waals surface area contributed by atoms with Crippen LogP contribution in [0.3, 0.4) is 0 Å². The second-order valence-corrected chi connectivity index (χ2v) is 0. The Balaban J connectivity index is 0. The van der Waals surface area contributed by atoms with Crippen LogP contribution in [0.15, 0.2) is 0 Å². The smallest absolute Gasteiger partial charge is 1.00 e. The molecular formula is H8AlCuMgSiZn. The van der Waals surface area contributed by atoms with Crippen molar-refractivity contribution in [3.05, 3.63) is 0 Å². The molecule has 0 heterocycles. The van der Waals surface area contributed by atoms with Crippen LogP contribution in [0.2, 0.25) is 0 Å². The molecular weight excluding hydrogens is 208 g/mol. The van der Waals surface area contributed by atoms with E-state index in [0.717, 1.165) is 0 Å². The normalized spacial score (nSPS) is 0. The van der Waals surface area contributed by atoms with Gasteiger partial charge in [-0.25, -0.2) is 0 Å². The Labute approximate surface area is 89.7 Å². The monoisotopic (exact) mass is 214 g/mol. The van der Waals surface area contributed by atoms with Gasteiger partial charge in [0.2, 0.25) is 0 Å². The van der Waals surface area contributed by atoms with E-state index in [1.165, 1.54) is 0 Å². The fraction of sp³-hybridized carbons (Fsp3) is 0. The Hall–Kier alpha value is 2.66. The molecule has 0 saturated carbocycles. The first-order chi connectivity index (χ1) is 0. The quantitative estimate of drug-likeness (QED) is 0.392. The van der Waals surface area contributed by atoms with Gasteiger partial charge < -0.3 is 2.85 Å². The van der Waals surface area contributed by atoms with E-state index in [0.29, 0.717) is 0 Å². The minimum atomic E-state index is 0. The van der Waals surface area contributed by atoms with Crippen LogP contribution in [0.1, 0.15) is 2.85 Å². The third kappa shape index (κ3) is 20.4. The van der Waals surface area contributed by atoms with E-state index in [9.17, 15) is 0 Å². The first-order valence-corrected chi connectivity index (χ1v) is 0. The number of hydrogen-bond acceptors (Lipinski definition) is 0. The average molecular weight is 216 g/mol. The molecule has 0 spiro atoms. The predicted octanol–water partition coefficient (Wildman–Crippen LogP) is -2.53. The van der Waals surface area contributed by atoms with E-state index in [-0.39, 0.29) is 90.8 Å². The van der Waals surface area contributed by atoms with Crippen LogP contribution in [-0.4, -0.2) is 51.4 Å². The molecule has 0 unspecified atom stereocenters. The van der Waals surface area contributed by atoms with Crippen molar-refractivity contribution in [3.8, 4) is 0 Å². The summed E-state index contributed by atoms with van der Waals surface area (Å²) in [6.07, 6.45) is 0. The summed E-state index contributed by atoms with van der Waals surface area (Å²) in [6.45, 7) is 0. The van der Waals surface area contributed by atoms with Gasteiger partial charge in [0, 0.05) is 36.5 Å². The summed E-state index contributed by atoms with van der Waals surface area (Å²) < 4.78 is 0. The van der Waals surface area contributed by atoms with Crippen molar-refractivity contribution in [2.24, 2.45) is 0 Å². The molecule has 0 aliphatic carbocycles. The first kappa shape index (κ1) is 48.0. The minimum absolute atomic E-state index is 0.